The van der Waals surface area contributed by atoms with E-state index in [1.165, 1.54) is 7.11 Å². The van der Waals surface area contributed by atoms with Gasteiger partial charge in [-0.3, -0.25) is 4.79 Å². The van der Waals surface area contributed by atoms with Gasteiger partial charge in [0.1, 0.15) is 5.75 Å². The number of methoxy groups -OCH3 is 1. The van der Waals surface area contributed by atoms with Crippen molar-refractivity contribution in [3.8, 4) is 5.75 Å². The van der Waals surface area contributed by atoms with Gasteiger partial charge < -0.3 is 10.1 Å². The fourth-order valence-electron chi connectivity index (χ4n) is 2.38. The molecule has 1 fully saturated rings. The number of amides is 1. The van der Waals surface area contributed by atoms with Gasteiger partial charge in [0.25, 0.3) is 5.91 Å². The first kappa shape index (κ1) is 17.4. The lowest BCUT2D eigenvalue weighted by atomic mass is 10.1. The zero-order valence-electron chi connectivity index (χ0n) is 13.9. The van der Waals surface area contributed by atoms with E-state index >= 15 is 0 Å². The molecule has 7 heteroatoms. The van der Waals surface area contributed by atoms with Crippen molar-refractivity contribution < 1.29 is 17.9 Å². The number of sulfonamides is 1. The number of para-hydroxylation sites is 1. The van der Waals surface area contributed by atoms with Gasteiger partial charge in [0.2, 0.25) is 10.0 Å². The number of rotatable bonds is 7. The van der Waals surface area contributed by atoms with E-state index in [1.807, 2.05) is 0 Å². The molecule has 1 aliphatic carbocycles. The fourth-order valence-corrected chi connectivity index (χ4v) is 3.69. The van der Waals surface area contributed by atoms with Gasteiger partial charge in [-0.25, -0.2) is 13.1 Å². The molecule has 0 bridgehead atoms. The fraction of sp³-hybridized carbons (Fsp3) is 0.278. The minimum Gasteiger partial charge on any atom is -0.496 e. The molecule has 3 rings (SSSR count). The molecule has 1 aliphatic rings. The Bertz CT molecular complexity index is 859. The van der Waals surface area contributed by atoms with Crippen LogP contribution >= 0.6 is 0 Å². The highest BCUT2D eigenvalue weighted by Gasteiger charge is 2.27. The van der Waals surface area contributed by atoms with Crippen LogP contribution in [0, 0.1) is 0 Å². The summed E-state index contributed by atoms with van der Waals surface area (Å²) in [5.74, 6) is 0.261. The molecular weight excluding hydrogens is 340 g/mol. The Balaban J connectivity index is 1.62. The smallest absolute Gasteiger partial charge is 0.255 e. The molecule has 2 aromatic rings. The minimum atomic E-state index is -3.45. The van der Waals surface area contributed by atoms with Crippen LogP contribution in [0.4, 0.5) is 0 Å². The lowest BCUT2D eigenvalue weighted by molar-refractivity contribution is 0.0948. The van der Waals surface area contributed by atoms with Crippen LogP contribution in [-0.4, -0.2) is 27.5 Å². The van der Waals surface area contributed by atoms with E-state index in [4.69, 9.17) is 4.74 Å². The molecule has 0 unspecified atom stereocenters. The zero-order valence-corrected chi connectivity index (χ0v) is 14.7. The molecule has 0 heterocycles. The first-order chi connectivity index (χ1) is 12.0. The topological polar surface area (TPSA) is 84.5 Å². The van der Waals surface area contributed by atoms with Gasteiger partial charge in [-0.15, -0.1) is 0 Å². The lowest BCUT2D eigenvalue weighted by Crippen LogP contribution is -2.26. The molecule has 2 N–H and O–H groups in total. The van der Waals surface area contributed by atoms with Crippen LogP contribution in [0.5, 0.6) is 5.75 Å². The lowest BCUT2D eigenvalue weighted by Gasteiger charge is -2.10. The van der Waals surface area contributed by atoms with E-state index in [9.17, 15) is 13.2 Å². The molecule has 0 saturated heterocycles. The number of ether oxygens (including phenoxy) is 1. The van der Waals surface area contributed by atoms with Crippen LogP contribution in [0.2, 0.25) is 0 Å². The van der Waals surface area contributed by atoms with Gasteiger partial charge in [-0.2, -0.15) is 0 Å². The van der Waals surface area contributed by atoms with E-state index in [1.54, 1.807) is 48.5 Å². The Hall–Kier alpha value is -2.38. The maximum Gasteiger partial charge on any atom is 0.255 e. The number of hydrogen-bond acceptors (Lipinski definition) is 4. The Kier molecular flexibility index (Phi) is 5.06. The third-order valence-corrected chi connectivity index (χ3v) is 5.47. The first-order valence-electron chi connectivity index (χ1n) is 8.02. The molecule has 6 nitrogen and oxygen atoms in total. The normalized spacial score (nSPS) is 14.1. The molecule has 0 aliphatic heterocycles. The number of benzene rings is 2. The van der Waals surface area contributed by atoms with Crippen LogP contribution < -0.4 is 14.8 Å². The van der Waals surface area contributed by atoms with Crippen molar-refractivity contribution in [2.75, 3.05) is 7.11 Å². The van der Waals surface area contributed by atoms with Crippen LogP contribution in [0.3, 0.4) is 0 Å². The molecule has 1 amide bonds. The van der Waals surface area contributed by atoms with Crippen molar-refractivity contribution in [2.45, 2.75) is 30.3 Å². The SMILES string of the molecule is COc1ccccc1C(=O)NCc1ccc(S(=O)(=O)NC2CC2)cc1. The molecule has 0 spiro atoms. The quantitative estimate of drug-likeness (QED) is 0.792. The Labute approximate surface area is 147 Å². The number of carbonyl (C=O) groups excluding carboxylic acids is 1. The molecule has 132 valence electrons. The van der Waals surface area contributed by atoms with Crippen molar-refractivity contribution in [1.29, 1.82) is 0 Å². The average molecular weight is 360 g/mol. The van der Waals surface area contributed by atoms with Gasteiger partial charge in [0.15, 0.2) is 0 Å². The summed E-state index contributed by atoms with van der Waals surface area (Å²) < 4.78 is 32.1. The van der Waals surface area contributed by atoms with Gasteiger partial charge >= 0.3 is 0 Å². The standard InChI is InChI=1S/C18H20N2O4S/c1-24-17-5-3-2-4-16(17)18(21)19-12-13-6-10-15(11-7-13)25(22,23)20-14-8-9-14/h2-7,10-11,14,20H,8-9,12H2,1H3,(H,19,21). The molecule has 1 saturated carbocycles. The largest absolute Gasteiger partial charge is 0.496 e. The van der Waals surface area contributed by atoms with Crippen molar-refractivity contribution in [3.63, 3.8) is 0 Å². The van der Waals surface area contributed by atoms with Gasteiger partial charge in [0, 0.05) is 12.6 Å². The maximum atomic E-state index is 12.3. The predicted molar refractivity (Wildman–Crippen MR) is 93.9 cm³/mol. The van der Waals surface area contributed by atoms with E-state index < -0.39 is 10.0 Å². The van der Waals surface area contributed by atoms with E-state index in [0.717, 1.165) is 18.4 Å². The van der Waals surface area contributed by atoms with Crippen molar-refractivity contribution >= 4 is 15.9 Å². The third-order valence-electron chi connectivity index (χ3n) is 3.94. The summed E-state index contributed by atoms with van der Waals surface area (Å²) >= 11 is 0. The number of hydrogen-bond donors (Lipinski definition) is 2. The van der Waals surface area contributed by atoms with Crippen molar-refractivity contribution in [2.24, 2.45) is 0 Å². The van der Waals surface area contributed by atoms with E-state index in [2.05, 4.69) is 10.0 Å². The van der Waals surface area contributed by atoms with Crippen molar-refractivity contribution in [3.05, 3.63) is 59.7 Å². The monoisotopic (exact) mass is 360 g/mol. The van der Waals surface area contributed by atoms with Crippen LogP contribution in [0.15, 0.2) is 53.4 Å². The molecule has 25 heavy (non-hydrogen) atoms. The molecule has 2 aromatic carbocycles. The first-order valence-corrected chi connectivity index (χ1v) is 9.50. The Morgan fingerprint density at radius 1 is 1.12 bits per heavy atom. The second-order valence-electron chi connectivity index (χ2n) is 5.92. The minimum absolute atomic E-state index is 0.0739. The highest BCUT2D eigenvalue weighted by Crippen LogP contribution is 2.22. The molecule has 0 aromatic heterocycles. The zero-order chi connectivity index (χ0) is 17.9. The second-order valence-corrected chi connectivity index (χ2v) is 7.64. The summed E-state index contributed by atoms with van der Waals surface area (Å²) in [6, 6.07) is 13.5. The van der Waals surface area contributed by atoms with Crippen molar-refractivity contribution in [1.82, 2.24) is 10.0 Å². The third kappa shape index (κ3) is 4.37. The summed E-state index contributed by atoms with van der Waals surface area (Å²) in [7, 11) is -1.94. The van der Waals surface area contributed by atoms with E-state index in [-0.39, 0.29) is 16.8 Å². The van der Waals surface area contributed by atoms with Crippen LogP contribution in [0.25, 0.3) is 0 Å². The van der Waals surface area contributed by atoms with Crippen LogP contribution in [0.1, 0.15) is 28.8 Å². The highest BCUT2D eigenvalue weighted by atomic mass is 32.2. The van der Waals surface area contributed by atoms with Gasteiger partial charge in [-0.05, 0) is 42.7 Å². The maximum absolute atomic E-state index is 12.3. The van der Waals surface area contributed by atoms with Gasteiger partial charge in [0.05, 0.1) is 17.6 Å². The molecule has 0 radical (unpaired) electrons. The Morgan fingerprint density at radius 3 is 2.44 bits per heavy atom. The highest BCUT2D eigenvalue weighted by molar-refractivity contribution is 7.89. The molecule has 0 atom stereocenters. The Morgan fingerprint density at radius 2 is 1.80 bits per heavy atom. The predicted octanol–water partition coefficient (Wildman–Crippen LogP) is 2.07. The number of nitrogens with one attached hydrogen (secondary N) is 2. The summed E-state index contributed by atoms with van der Waals surface area (Å²) in [6.45, 7) is 0.299. The molecular formula is C18H20N2O4S. The average Bonchev–Trinajstić information content (AvgIpc) is 3.43. The second kappa shape index (κ2) is 7.25. The van der Waals surface area contributed by atoms with E-state index in [0.29, 0.717) is 17.9 Å². The summed E-state index contributed by atoms with van der Waals surface area (Å²) in [4.78, 5) is 12.5. The van der Waals surface area contributed by atoms with Crippen LogP contribution in [-0.2, 0) is 16.6 Å². The summed E-state index contributed by atoms with van der Waals surface area (Å²) in [5.41, 5.74) is 1.27. The summed E-state index contributed by atoms with van der Waals surface area (Å²) in [5, 5.41) is 2.81. The van der Waals surface area contributed by atoms with Gasteiger partial charge in [-0.1, -0.05) is 24.3 Å². The summed E-state index contributed by atoms with van der Waals surface area (Å²) in [6.07, 6.45) is 1.79. The number of carbonyl (C=O) groups is 1.